The Bertz CT molecular complexity index is 551. The monoisotopic (exact) mass is 231 g/mol. The Morgan fingerprint density at radius 3 is 2.88 bits per heavy atom. The van der Waals surface area contributed by atoms with Crippen LogP contribution >= 0.6 is 12.2 Å². The van der Waals surface area contributed by atoms with Gasteiger partial charge < -0.3 is 4.52 Å². The van der Waals surface area contributed by atoms with Crippen LogP contribution in [0.5, 0.6) is 0 Å². The molecular weight excluding hydrogens is 222 g/mol. The van der Waals surface area contributed by atoms with Gasteiger partial charge in [-0.25, -0.2) is 0 Å². The summed E-state index contributed by atoms with van der Waals surface area (Å²) in [6, 6.07) is 1.86. The van der Waals surface area contributed by atoms with Crippen molar-refractivity contribution in [2.45, 2.75) is 13.8 Å². The number of hydrogen-bond acceptors (Lipinski definition) is 5. The van der Waals surface area contributed by atoms with E-state index < -0.39 is 0 Å². The number of hydrogen-bond donors (Lipinski definition) is 0. The lowest BCUT2D eigenvalue weighted by Gasteiger charge is -2.02. The van der Waals surface area contributed by atoms with Crippen LogP contribution in [0.2, 0.25) is 0 Å². The number of thiocarbonyl (C=S) groups is 1. The summed E-state index contributed by atoms with van der Waals surface area (Å²) in [6.45, 7) is 3.75. The van der Waals surface area contributed by atoms with Gasteiger partial charge in [0.25, 0.3) is 0 Å². The van der Waals surface area contributed by atoms with Gasteiger partial charge in [0.05, 0.1) is 17.1 Å². The van der Waals surface area contributed by atoms with E-state index in [9.17, 15) is 0 Å². The maximum absolute atomic E-state index is 5.12. The molecule has 16 heavy (non-hydrogen) atoms. The second-order valence-electron chi connectivity index (χ2n) is 3.30. The van der Waals surface area contributed by atoms with Gasteiger partial charge in [-0.05, 0) is 32.1 Å². The van der Waals surface area contributed by atoms with E-state index in [-0.39, 0.29) is 0 Å². The molecular formula is C11H9N3OS. The zero-order valence-electron chi connectivity index (χ0n) is 8.89. The Morgan fingerprint density at radius 2 is 2.25 bits per heavy atom. The first-order valence-corrected chi connectivity index (χ1v) is 5.10. The fraction of sp³-hybridized carbons (Fsp3) is 0.182. The molecule has 4 nitrogen and oxygen atoms in total. The lowest BCUT2D eigenvalue weighted by atomic mass is 10.0. The van der Waals surface area contributed by atoms with Crippen molar-refractivity contribution in [2.24, 2.45) is 4.99 Å². The maximum atomic E-state index is 5.12. The molecule has 0 saturated carbocycles. The third-order valence-electron chi connectivity index (χ3n) is 2.27. The van der Waals surface area contributed by atoms with Crippen LogP contribution in [0.15, 0.2) is 28.0 Å². The van der Waals surface area contributed by atoms with Crippen LogP contribution in [-0.2, 0) is 0 Å². The maximum Gasteiger partial charge on any atom is 0.141 e. The van der Waals surface area contributed by atoms with Crippen LogP contribution in [0, 0.1) is 13.8 Å². The molecule has 0 unspecified atom stereocenters. The summed E-state index contributed by atoms with van der Waals surface area (Å²) in [5.41, 5.74) is 3.34. The van der Waals surface area contributed by atoms with Crippen molar-refractivity contribution < 1.29 is 4.52 Å². The number of nitrogens with zero attached hydrogens (tertiary/aromatic N) is 3. The molecule has 0 spiro atoms. The SMILES string of the molecule is Cc1noc(C)c1-c1ccncc1N=C=S. The molecule has 0 saturated heterocycles. The van der Waals surface area contributed by atoms with E-state index in [2.05, 4.69) is 32.5 Å². The van der Waals surface area contributed by atoms with E-state index >= 15 is 0 Å². The highest BCUT2D eigenvalue weighted by molar-refractivity contribution is 7.78. The Kier molecular flexibility index (Phi) is 2.90. The van der Waals surface area contributed by atoms with E-state index in [4.69, 9.17) is 4.52 Å². The number of pyridine rings is 1. The van der Waals surface area contributed by atoms with Gasteiger partial charge in [0.1, 0.15) is 11.4 Å². The van der Waals surface area contributed by atoms with Crippen molar-refractivity contribution in [3.05, 3.63) is 29.9 Å². The first-order chi connectivity index (χ1) is 7.74. The number of isothiocyanates is 1. The number of aryl methyl sites for hydroxylation is 2. The first kappa shape index (κ1) is 10.7. The highest BCUT2D eigenvalue weighted by Crippen LogP contribution is 2.33. The molecule has 0 atom stereocenters. The number of rotatable bonds is 2. The largest absolute Gasteiger partial charge is 0.361 e. The molecule has 5 heteroatoms. The van der Waals surface area contributed by atoms with E-state index in [1.165, 1.54) is 0 Å². The summed E-state index contributed by atoms with van der Waals surface area (Å²) >= 11 is 4.61. The van der Waals surface area contributed by atoms with Gasteiger partial charge in [0, 0.05) is 17.3 Å². The molecule has 0 bridgehead atoms. The summed E-state index contributed by atoms with van der Waals surface area (Å²) in [6.07, 6.45) is 3.34. The zero-order valence-corrected chi connectivity index (χ0v) is 9.71. The smallest absolute Gasteiger partial charge is 0.141 e. The molecule has 0 aliphatic rings. The topological polar surface area (TPSA) is 51.3 Å². The molecule has 0 aliphatic carbocycles. The van der Waals surface area contributed by atoms with Crippen LogP contribution < -0.4 is 0 Å². The summed E-state index contributed by atoms with van der Waals surface area (Å²) in [5.74, 6) is 0.754. The first-order valence-electron chi connectivity index (χ1n) is 4.69. The van der Waals surface area contributed by atoms with E-state index in [0.29, 0.717) is 5.69 Å². The van der Waals surface area contributed by atoms with Gasteiger partial charge in [-0.1, -0.05) is 5.16 Å². The minimum absolute atomic E-state index is 0.673. The van der Waals surface area contributed by atoms with Gasteiger partial charge in [0.15, 0.2) is 0 Å². The van der Waals surface area contributed by atoms with Crippen LogP contribution in [0.3, 0.4) is 0 Å². The quantitative estimate of drug-likeness (QED) is 0.588. The summed E-state index contributed by atoms with van der Waals surface area (Å²) in [7, 11) is 0. The highest BCUT2D eigenvalue weighted by Gasteiger charge is 2.14. The van der Waals surface area contributed by atoms with Gasteiger partial charge in [-0.2, -0.15) is 4.99 Å². The van der Waals surface area contributed by atoms with E-state index in [1.54, 1.807) is 12.4 Å². The van der Waals surface area contributed by atoms with Crippen LogP contribution in [0.1, 0.15) is 11.5 Å². The lowest BCUT2D eigenvalue weighted by Crippen LogP contribution is -1.84. The fourth-order valence-corrected chi connectivity index (χ4v) is 1.70. The average molecular weight is 231 g/mol. The second kappa shape index (κ2) is 4.35. The Hall–Kier alpha value is -1.84. The Labute approximate surface area is 98.0 Å². The highest BCUT2D eigenvalue weighted by atomic mass is 32.1. The summed E-state index contributed by atoms with van der Waals surface area (Å²) < 4.78 is 5.12. The molecule has 0 aliphatic heterocycles. The molecule has 0 fully saturated rings. The molecule has 80 valence electrons. The molecule has 0 radical (unpaired) electrons. The van der Waals surface area contributed by atoms with Crippen LogP contribution in [-0.4, -0.2) is 15.3 Å². The second-order valence-corrected chi connectivity index (χ2v) is 3.48. The van der Waals surface area contributed by atoms with Gasteiger partial charge in [0.2, 0.25) is 0 Å². The predicted octanol–water partition coefficient (Wildman–Crippen LogP) is 3.09. The minimum Gasteiger partial charge on any atom is -0.361 e. The molecule has 2 aromatic rings. The number of aliphatic imine (C=N–C) groups is 1. The van der Waals surface area contributed by atoms with Crippen molar-refractivity contribution in [1.82, 2.24) is 10.1 Å². The van der Waals surface area contributed by atoms with Gasteiger partial charge in [-0.3, -0.25) is 4.98 Å². The predicted molar refractivity (Wildman–Crippen MR) is 63.9 cm³/mol. The molecule has 2 rings (SSSR count). The van der Waals surface area contributed by atoms with Crippen LogP contribution in [0.25, 0.3) is 11.1 Å². The lowest BCUT2D eigenvalue weighted by molar-refractivity contribution is 0.393. The molecule has 2 heterocycles. The van der Waals surface area contributed by atoms with Crippen molar-refractivity contribution in [3.63, 3.8) is 0 Å². The number of aromatic nitrogens is 2. The fourth-order valence-electron chi connectivity index (χ4n) is 1.60. The van der Waals surface area contributed by atoms with Crippen molar-refractivity contribution in [2.75, 3.05) is 0 Å². The Morgan fingerprint density at radius 1 is 1.44 bits per heavy atom. The Balaban J connectivity index is 2.69. The van der Waals surface area contributed by atoms with Crippen molar-refractivity contribution in [3.8, 4) is 11.1 Å². The average Bonchev–Trinajstić information content (AvgIpc) is 2.60. The van der Waals surface area contributed by atoms with Gasteiger partial charge in [-0.15, -0.1) is 0 Å². The van der Waals surface area contributed by atoms with E-state index in [1.807, 2.05) is 19.9 Å². The third-order valence-corrected chi connectivity index (χ3v) is 2.36. The van der Waals surface area contributed by atoms with E-state index in [0.717, 1.165) is 22.6 Å². The van der Waals surface area contributed by atoms with Crippen molar-refractivity contribution >= 4 is 23.1 Å². The molecule has 0 amide bonds. The van der Waals surface area contributed by atoms with Crippen LogP contribution in [0.4, 0.5) is 5.69 Å². The third kappa shape index (κ3) is 1.78. The molecule has 0 aromatic carbocycles. The zero-order chi connectivity index (χ0) is 11.5. The summed E-state index contributed by atoms with van der Waals surface area (Å²) in [4.78, 5) is 7.98. The standard InChI is InChI=1S/C11H9N3OS/c1-7-11(8(2)15-14-7)9-3-4-12-5-10(9)13-6-16/h3-5H,1-2H3. The summed E-state index contributed by atoms with van der Waals surface area (Å²) in [5, 5.41) is 6.25. The normalized spacial score (nSPS) is 9.88. The van der Waals surface area contributed by atoms with Gasteiger partial charge >= 0.3 is 0 Å². The molecule has 2 aromatic heterocycles. The molecule has 0 N–H and O–H groups in total. The van der Waals surface area contributed by atoms with Crippen molar-refractivity contribution in [1.29, 1.82) is 0 Å². The minimum atomic E-state index is 0.673.